The highest BCUT2D eigenvalue weighted by atomic mass is 32.2. The zero-order valence-corrected chi connectivity index (χ0v) is 16.8. The van der Waals surface area contributed by atoms with Gasteiger partial charge >= 0.3 is 0 Å². The fraction of sp³-hybridized carbons (Fsp3) is 0.250. The van der Waals surface area contributed by atoms with Crippen LogP contribution in [0.4, 0.5) is 0 Å². The van der Waals surface area contributed by atoms with E-state index in [2.05, 4.69) is 22.3 Å². The third-order valence-corrected chi connectivity index (χ3v) is 6.49. The summed E-state index contributed by atoms with van der Waals surface area (Å²) in [5.74, 6) is 0.114. The zero-order valence-electron chi connectivity index (χ0n) is 15.2. The predicted molar refractivity (Wildman–Crippen MR) is 111 cm³/mol. The monoisotopic (exact) mass is 396 g/mol. The van der Waals surface area contributed by atoms with Crippen LogP contribution in [-0.4, -0.2) is 37.2 Å². The molecule has 2 aromatic heterocycles. The van der Waals surface area contributed by atoms with Gasteiger partial charge in [-0.1, -0.05) is 65.6 Å². The first-order chi connectivity index (χ1) is 13.2. The first kappa shape index (κ1) is 18.0. The Bertz CT molecular complexity index is 1070. The van der Waals surface area contributed by atoms with Gasteiger partial charge in [-0.2, -0.15) is 0 Å². The van der Waals surface area contributed by atoms with Gasteiger partial charge in [0.25, 0.3) is 0 Å². The smallest absolute Gasteiger partial charge is 0.236 e. The van der Waals surface area contributed by atoms with E-state index < -0.39 is 0 Å². The van der Waals surface area contributed by atoms with Crippen molar-refractivity contribution in [3.05, 3.63) is 60.2 Å². The lowest BCUT2D eigenvalue weighted by Crippen LogP contribution is -2.36. The van der Waals surface area contributed by atoms with E-state index in [-0.39, 0.29) is 11.2 Å². The Morgan fingerprint density at radius 3 is 2.67 bits per heavy atom. The van der Waals surface area contributed by atoms with Crippen LogP contribution in [-0.2, 0) is 11.3 Å². The van der Waals surface area contributed by atoms with Crippen molar-refractivity contribution in [2.75, 3.05) is 6.54 Å². The van der Waals surface area contributed by atoms with E-state index in [4.69, 9.17) is 0 Å². The highest BCUT2D eigenvalue weighted by Crippen LogP contribution is 2.31. The molecule has 0 N–H and O–H groups in total. The van der Waals surface area contributed by atoms with E-state index in [0.29, 0.717) is 13.1 Å². The number of hydrogen-bond donors (Lipinski definition) is 0. The molecular weight excluding hydrogens is 376 g/mol. The van der Waals surface area contributed by atoms with Gasteiger partial charge in [0, 0.05) is 13.1 Å². The first-order valence-electron chi connectivity index (χ1n) is 8.89. The van der Waals surface area contributed by atoms with Crippen LogP contribution in [0.3, 0.4) is 0 Å². The number of thiazole rings is 1. The molecule has 4 aromatic rings. The number of aromatic nitrogens is 3. The number of benzene rings is 2. The highest BCUT2D eigenvalue weighted by molar-refractivity contribution is 8.00. The molecule has 1 unspecified atom stereocenters. The van der Waals surface area contributed by atoms with Crippen LogP contribution >= 0.6 is 23.1 Å². The summed E-state index contributed by atoms with van der Waals surface area (Å²) in [5, 5.41) is 9.13. The van der Waals surface area contributed by atoms with Crippen molar-refractivity contribution in [3.63, 3.8) is 0 Å². The molecule has 27 heavy (non-hydrogen) atoms. The summed E-state index contributed by atoms with van der Waals surface area (Å²) in [4.78, 5) is 15.7. The lowest BCUT2D eigenvalue weighted by Gasteiger charge is -2.24. The molecule has 4 rings (SSSR count). The molecular formula is C20H20N4OS2. The standard InChI is InChI=1S/C20H20N4OS2/c1-3-23(13-15-9-5-4-6-10-15)18(25)14(2)26-19-21-22-20-24(19)16-11-7-8-12-17(16)27-20/h4-12,14H,3,13H2,1-2H3. The zero-order chi connectivity index (χ0) is 18.8. The molecule has 0 aliphatic carbocycles. The molecule has 138 valence electrons. The van der Waals surface area contributed by atoms with Crippen LogP contribution < -0.4 is 0 Å². The maximum Gasteiger partial charge on any atom is 0.236 e. The van der Waals surface area contributed by atoms with Crippen LogP contribution in [0.15, 0.2) is 59.8 Å². The van der Waals surface area contributed by atoms with Crippen molar-refractivity contribution in [2.45, 2.75) is 30.8 Å². The summed E-state index contributed by atoms with van der Waals surface area (Å²) in [5.41, 5.74) is 2.22. The van der Waals surface area contributed by atoms with Crippen LogP contribution in [0.1, 0.15) is 19.4 Å². The molecule has 7 heteroatoms. The topological polar surface area (TPSA) is 50.5 Å². The third-order valence-electron chi connectivity index (χ3n) is 4.45. The summed E-state index contributed by atoms with van der Waals surface area (Å²) >= 11 is 3.08. The molecule has 0 bridgehead atoms. The van der Waals surface area contributed by atoms with Gasteiger partial charge in [0.1, 0.15) is 0 Å². The van der Waals surface area contributed by atoms with Gasteiger partial charge in [0.05, 0.1) is 15.5 Å². The minimum atomic E-state index is -0.236. The number of fused-ring (bicyclic) bond motifs is 3. The number of rotatable bonds is 6. The number of hydrogen-bond acceptors (Lipinski definition) is 5. The van der Waals surface area contributed by atoms with Gasteiger partial charge in [-0.25, -0.2) is 0 Å². The normalized spacial score (nSPS) is 12.5. The molecule has 1 atom stereocenters. The second-order valence-electron chi connectivity index (χ2n) is 6.27. The second-order valence-corrected chi connectivity index (χ2v) is 8.59. The molecule has 0 aliphatic rings. The van der Waals surface area contributed by atoms with Crippen molar-refractivity contribution in [2.24, 2.45) is 0 Å². The summed E-state index contributed by atoms with van der Waals surface area (Å²) in [6.45, 7) is 5.25. The van der Waals surface area contributed by atoms with Gasteiger partial charge in [-0.05, 0) is 31.5 Å². The van der Waals surface area contributed by atoms with E-state index in [0.717, 1.165) is 21.2 Å². The van der Waals surface area contributed by atoms with Crippen LogP contribution in [0, 0.1) is 0 Å². The van der Waals surface area contributed by atoms with Crippen molar-refractivity contribution < 1.29 is 4.79 Å². The lowest BCUT2D eigenvalue weighted by atomic mass is 10.2. The van der Waals surface area contributed by atoms with E-state index >= 15 is 0 Å². The van der Waals surface area contributed by atoms with Crippen LogP contribution in [0.25, 0.3) is 15.2 Å². The quantitative estimate of drug-likeness (QED) is 0.451. The maximum absolute atomic E-state index is 13.0. The van der Waals surface area contributed by atoms with E-state index in [1.54, 1.807) is 11.3 Å². The van der Waals surface area contributed by atoms with Gasteiger partial charge in [-0.3, -0.25) is 9.20 Å². The van der Waals surface area contributed by atoms with Gasteiger partial charge in [-0.15, -0.1) is 10.2 Å². The predicted octanol–water partition coefficient (Wildman–Crippen LogP) is 4.47. The van der Waals surface area contributed by atoms with E-state index in [9.17, 15) is 4.79 Å². The largest absolute Gasteiger partial charge is 0.338 e. The number of nitrogens with zero attached hydrogens (tertiary/aromatic N) is 4. The first-order valence-corrected chi connectivity index (χ1v) is 10.6. The minimum absolute atomic E-state index is 0.114. The molecule has 0 saturated carbocycles. The van der Waals surface area contributed by atoms with E-state index in [1.807, 2.05) is 65.6 Å². The Kier molecular flexibility index (Phi) is 5.13. The number of carbonyl (C=O) groups is 1. The van der Waals surface area contributed by atoms with Gasteiger partial charge < -0.3 is 4.90 Å². The Labute approximate surface area is 166 Å². The van der Waals surface area contributed by atoms with Crippen molar-refractivity contribution in [1.82, 2.24) is 19.5 Å². The molecule has 2 aromatic carbocycles. The van der Waals surface area contributed by atoms with Crippen molar-refractivity contribution in [1.29, 1.82) is 0 Å². The molecule has 0 spiro atoms. The number of para-hydroxylation sites is 1. The Hall–Kier alpha value is -2.38. The minimum Gasteiger partial charge on any atom is -0.338 e. The third kappa shape index (κ3) is 3.57. The summed E-state index contributed by atoms with van der Waals surface area (Å²) in [7, 11) is 0. The molecule has 5 nitrogen and oxygen atoms in total. The van der Waals surface area contributed by atoms with Crippen LogP contribution in [0.5, 0.6) is 0 Å². The van der Waals surface area contributed by atoms with Gasteiger partial charge in [0.2, 0.25) is 10.9 Å². The maximum atomic E-state index is 13.0. The Morgan fingerprint density at radius 1 is 1.15 bits per heavy atom. The van der Waals surface area contributed by atoms with Crippen molar-refractivity contribution in [3.8, 4) is 0 Å². The fourth-order valence-corrected chi connectivity index (χ4v) is 5.01. The SMILES string of the molecule is CCN(Cc1ccccc1)C(=O)C(C)Sc1nnc2sc3ccccc3n12. The summed E-state index contributed by atoms with van der Waals surface area (Å²) < 4.78 is 3.21. The second kappa shape index (κ2) is 7.70. The number of carbonyl (C=O) groups excluding carboxylic acids is 1. The average Bonchev–Trinajstić information content (AvgIpc) is 3.26. The average molecular weight is 397 g/mol. The molecule has 0 fully saturated rings. The van der Waals surface area contributed by atoms with Crippen LogP contribution in [0.2, 0.25) is 0 Å². The molecule has 2 heterocycles. The van der Waals surface area contributed by atoms with Crippen molar-refractivity contribution >= 4 is 44.2 Å². The molecule has 0 saturated heterocycles. The number of amides is 1. The molecule has 1 amide bonds. The van der Waals surface area contributed by atoms with E-state index in [1.165, 1.54) is 16.5 Å². The Morgan fingerprint density at radius 2 is 1.89 bits per heavy atom. The number of thioether (sulfide) groups is 1. The van der Waals surface area contributed by atoms with Gasteiger partial charge in [0.15, 0.2) is 5.16 Å². The lowest BCUT2D eigenvalue weighted by molar-refractivity contribution is -0.130. The summed E-state index contributed by atoms with van der Waals surface area (Å²) in [6.07, 6.45) is 0. The highest BCUT2D eigenvalue weighted by Gasteiger charge is 2.23. The Balaban J connectivity index is 1.55. The molecule has 0 aliphatic heterocycles. The fourth-order valence-electron chi connectivity index (χ4n) is 3.05. The molecule has 0 radical (unpaired) electrons. The summed E-state index contributed by atoms with van der Waals surface area (Å²) in [6, 6.07) is 18.3.